The number of hydrogen-bond donors (Lipinski definition) is 0. The summed E-state index contributed by atoms with van der Waals surface area (Å²) in [4.78, 5) is 38.0. The van der Waals surface area contributed by atoms with E-state index in [0.29, 0.717) is 19.3 Å². The molecule has 0 saturated heterocycles. The smallest absolute Gasteiger partial charge is 0.306 e. The Hall–Kier alpha value is -2.37. The molecule has 6 heteroatoms. The van der Waals surface area contributed by atoms with E-state index in [9.17, 15) is 14.4 Å². The fraction of sp³-hybridized carbons (Fsp3) is 0.847. The minimum Gasteiger partial charge on any atom is -0.462 e. The normalized spacial score (nSPS) is 12.2. The summed E-state index contributed by atoms with van der Waals surface area (Å²) in [6.45, 7) is 6.62. The zero-order chi connectivity index (χ0) is 47.2. The van der Waals surface area contributed by atoms with Crippen molar-refractivity contribution in [3.8, 4) is 0 Å². The first-order valence-corrected chi connectivity index (χ1v) is 28.5. The van der Waals surface area contributed by atoms with E-state index in [0.717, 1.165) is 57.8 Å². The first kappa shape index (κ1) is 62.6. The molecule has 0 aliphatic rings. The summed E-state index contributed by atoms with van der Waals surface area (Å²) >= 11 is 0. The third-order valence-electron chi connectivity index (χ3n) is 12.6. The molecule has 0 aromatic carbocycles. The maximum atomic E-state index is 12.8. The highest BCUT2D eigenvalue weighted by molar-refractivity contribution is 5.71. The molecule has 0 amide bonds. The van der Waals surface area contributed by atoms with Gasteiger partial charge >= 0.3 is 17.9 Å². The highest BCUT2D eigenvalue weighted by Gasteiger charge is 2.19. The van der Waals surface area contributed by atoms with E-state index in [1.54, 1.807) is 0 Å². The maximum Gasteiger partial charge on any atom is 0.306 e. The minimum atomic E-state index is -0.793. The van der Waals surface area contributed by atoms with E-state index < -0.39 is 6.10 Å². The van der Waals surface area contributed by atoms with Crippen LogP contribution in [0.15, 0.2) is 36.5 Å². The Labute approximate surface area is 404 Å². The summed E-state index contributed by atoms with van der Waals surface area (Å²) in [5.41, 5.74) is 0. The van der Waals surface area contributed by atoms with Gasteiger partial charge in [-0.25, -0.2) is 0 Å². The van der Waals surface area contributed by atoms with E-state index in [-0.39, 0.29) is 37.5 Å². The van der Waals surface area contributed by atoms with Crippen LogP contribution < -0.4 is 0 Å². The van der Waals surface area contributed by atoms with Crippen molar-refractivity contribution in [1.82, 2.24) is 0 Å². The molecule has 6 nitrogen and oxygen atoms in total. The Morgan fingerprint density at radius 1 is 0.308 bits per heavy atom. The quantitative estimate of drug-likeness (QED) is 0.0262. The van der Waals surface area contributed by atoms with Gasteiger partial charge in [0.25, 0.3) is 0 Å². The van der Waals surface area contributed by atoms with Crippen LogP contribution in [0.25, 0.3) is 0 Å². The van der Waals surface area contributed by atoms with Gasteiger partial charge in [0.1, 0.15) is 13.2 Å². The van der Waals surface area contributed by atoms with Gasteiger partial charge in [-0.2, -0.15) is 0 Å². The molecule has 0 bridgehead atoms. The van der Waals surface area contributed by atoms with Crippen molar-refractivity contribution < 1.29 is 28.6 Å². The van der Waals surface area contributed by atoms with Gasteiger partial charge in [-0.3, -0.25) is 14.4 Å². The van der Waals surface area contributed by atoms with Crippen LogP contribution in [0.1, 0.15) is 303 Å². The Morgan fingerprint density at radius 2 is 0.569 bits per heavy atom. The zero-order valence-corrected chi connectivity index (χ0v) is 43.5. The zero-order valence-electron chi connectivity index (χ0n) is 43.5. The third kappa shape index (κ3) is 52.5. The lowest BCUT2D eigenvalue weighted by atomic mass is 10.0. The van der Waals surface area contributed by atoms with Crippen molar-refractivity contribution in [2.45, 2.75) is 309 Å². The van der Waals surface area contributed by atoms with Crippen LogP contribution in [0.2, 0.25) is 0 Å². The van der Waals surface area contributed by atoms with Crippen molar-refractivity contribution >= 4 is 17.9 Å². The molecule has 65 heavy (non-hydrogen) atoms. The number of unbranched alkanes of at least 4 members (excludes halogenated alkanes) is 35. The monoisotopic (exact) mass is 913 g/mol. The van der Waals surface area contributed by atoms with E-state index in [1.165, 1.54) is 199 Å². The molecule has 0 saturated carbocycles. The highest BCUT2D eigenvalue weighted by atomic mass is 16.6. The second-order valence-corrected chi connectivity index (χ2v) is 19.2. The molecule has 1 unspecified atom stereocenters. The van der Waals surface area contributed by atoms with E-state index in [1.807, 2.05) is 0 Å². The summed E-state index contributed by atoms with van der Waals surface area (Å²) in [6, 6.07) is 0. The van der Waals surface area contributed by atoms with Crippen LogP contribution in [0.5, 0.6) is 0 Å². The molecule has 0 aliphatic carbocycles. The van der Waals surface area contributed by atoms with Gasteiger partial charge in [-0.1, -0.05) is 269 Å². The molecule has 0 heterocycles. The molecule has 0 rings (SSSR count). The SMILES string of the molecule is CCCCCCCC/C=C\C/C=C\C/C=C\CCCC(=O)OC(COC(=O)CCCCCCCCCCCCC)COC(=O)CCCCCCCCCCCCCCCCCCCCC. The number of carbonyl (C=O) groups excluding carboxylic acids is 3. The second-order valence-electron chi connectivity index (χ2n) is 19.2. The summed E-state index contributed by atoms with van der Waals surface area (Å²) < 4.78 is 16.8. The number of esters is 3. The third-order valence-corrected chi connectivity index (χ3v) is 12.6. The van der Waals surface area contributed by atoms with E-state index in [4.69, 9.17) is 14.2 Å². The molecule has 380 valence electrons. The molecule has 0 aromatic heterocycles. The molecular weight excluding hydrogens is 805 g/mol. The predicted octanol–water partition coefficient (Wildman–Crippen LogP) is 18.9. The maximum absolute atomic E-state index is 12.8. The Bertz CT molecular complexity index is 1090. The van der Waals surface area contributed by atoms with Crippen LogP contribution in [0.3, 0.4) is 0 Å². The number of hydrogen-bond acceptors (Lipinski definition) is 6. The first-order chi connectivity index (χ1) is 32.0. The van der Waals surface area contributed by atoms with Crippen molar-refractivity contribution in [2.24, 2.45) is 0 Å². The molecule has 0 fully saturated rings. The van der Waals surface area contributed by atoms with Gasteiger partial charge < -0.3 is 14.2 Å². The molecule has 0 radical (unpaired) electrons. The van der Waals surface area contributed by atoms with Crippen molar-refractivity contribution in [3.63, 3.8) is 0 Å². The van der Waals surface area contributed by atoms with E-state index in [2.05, 4.69) is 57.2 Å². The fourth-order valence-corrected chi connectivity index (χ4v) is 8.34. The molecule has 0 aromatic rings. The van der Waals surface area contributed by atoms with Crippen molar-refractivity contribution in [3.05, 3.63) is 36.5 Å². The lowest BCUT2D eigenvalue weighted by molar-refractivity contribution is -0.167. The number of carbonyl (C=O) groups is 3. The van der Waals surface area contributed by atoms with Gasteiger partial charge in [0.2, 0.25) is 0 Å². The topological polar surface area (TPSA) is 78.9 Å². The van der Waals surface area contributed by atoms with Crippen molar-refractivity contribution in [2.75, 3.05) is 13.2 Å². The van der Waals surface area contributed by atoms with Gasteiger partial charge in [0.05, 0.1) is 0 Å². The Balaban J connectivity index is 4.35. The number of ether oxygens (including phenoxy) is 3. The van der Waals surface area contributed by atoms with Crippen LogP contribution in [-0.4, -0.2) is 37.2 Å². The average molecular weight is 914 g/mol. The fourth-order valence-electron chi connectivity index (χ4n) is 8.34. The molecule has 0 aliphatic heterocycles. The second kappa shape index (κ2) is 54.2. The standard InChI is InChI=1S/C59H108O6/c1-4-7-10-13-16-19-22-24-26-28-29-31-32-34-37-40-43-46-49-52-58(61)64-55-56(54-63-57(60)51-48-45-42-39-36-21-18-15-12-9-6-3)65-59(62)53-50-47-44-41-38-35-33-30-27-25-23-20-17-14-11-8-5-2/h25,27,33,35,41,44,56H,4-24,26,28-32,34,36-40,42-43,45-55H2,1-3H3/b27-25-,35-33-,44-41-. The highest BCUT2D eigenvalue weighted by Crippen LogP contribution is 2.16. The summed E-state index contributed by atoms with van der Waals surface area (Å²) in [5.74, 6) is -0.924. The van der Waals surface area contributed by atoms with Gasteiger partial charge in [0.15, 0.2) is 6.10 Å². The molecule has 0 N–H and O–H groups in total. The van der Waals surface area contributed by atoms with Gasteiger partial charge in [0, 0.05) is 19.3 Å². The molecule has 0 spiro atoms. The lowest BCUT2D eigenvalue weighted by Gasteiger charge is -2.18. The Morgan fingerprint density at radius 3 is 0.908 bits per heavy atom. The lowest BCUT2D eigenvalue weighted by Crippen LogP contribution is -2.30. The van der Waals surface area contributed by atoms with Crippen LogP contribution >= 0.6 is 0 Å². The summed E-state index contributed by atoms with van der Waals surface area (Å²) in [6.07, 6.45) is 64.3. The Kier molecular flexibility index (Phi) is 52.3. The van der Waals surface area contributed by atoms with Crippen molar-refractivity contribution in [1.29, 1.82) is 0 Å². The minimum absolute atomic E-state index is 0.0874. The largest absolute Gasteiger partial charge is 0.462 e. The number of rotatable bonds is 52. The van der Waals surface area contributed by atoms with Crippen LogP contribution in [-0.2, 0) is 28.6 Å². The first-order valence-electron chi connectivity index (χ1n) is 28.5. The van der Waals surface area contributed by atoms with Gasteiger partial charge in [-0.05, 0) is 51.4 Å². The van der Waals surface area contributed by atoms with Crippen LogP contribution in [0, 0.1) is 0 Å². The summed E-state index contributed by atoms with van der Waals surface area (Å²) in [5, 5.41) is 0. The van der Waals surface area contributed by atoms with Crippen LogP contribution in [0.4, 0.5) is 0 Å². The summed E-state index contributed by atoms with van der Waals surface area (Å²) in [7, 11) is 0. The van der Waals surface area contributed by atoms with Gasteiger partial charge in [-0.15, -0.1) is 0 Å². The molecular formula is C59H108O6. The average Bonchev–Trinajstić information content (AvgIpc) is 3.30. The van der Waals surface area contributed by atoms with E-state index >= 15 is 0 Å². The number of allylic oxidation sites excluding steroid dienone is 6. The predicted molar refractivity (Wildman–Crippen MR) is 279 cm³/mol. The molecule has 1 atom stereocenters.